The number of aliphatic hydroxyl groups excluding tert-OH is 1. The van der Waals surface area contributed by atoms with Crippen molar-refractivity contribution in [1.82, 2.24) is 5.32 Å². The lowest BCUT2D eigenvalue weighted by molar-refractivity contribution is 0.165. The van der Waals surface area contributed by atoms with Crippen LogP contribution >= 0.6 is 0 Å². The van der Waals surface area contributed by atoms with Crippen LogP contribution in [-0.2, 0) is 0 Å². The summed E-state index contributed by atoms with van der Waals surface area (Å²) in [6.07, 6.45) is 2.54. The van der Waals surface area contributed by atoms with Crippen LogP contribution in [0.2, 0.25) is 0 Å². The molecule has 118 valence electrons. The lowest BCUT2D eigenvalue weighted by atomic mass is 9.79. The van der Waals surface area contributed by atoms with Crippen LogP contribution < -0.4 is 15.4 Å². The molecule has 0 aromatic heterocycles. The van der Waals surface area contributed by atoms with E-state index in [1.54, 1.807) is 31.4 Å². The number of methoxy groups -OCH3 is 1. The van der Waals surface area contributed by atoms with Crippen LogP contribution in [0.25, 0.3) is 0 Å². The standard InChI is InChI=1S/C16H26N2O3/c1-4-16(5-2,10-11-19)12-17-15(20)18-13-6-8-14(21-3)9-7-13/h6-9,19H,4-5,10-12H2,1-3H3,(H2,17,18,20). The summed E-state index contributed by atoms with van der Waals surface area (Å²) in [7, 11) is 1.60. The molecule has 0 saturated carbocycles. The Balaban J connectivity index is 2.52. The van der Waals surface area contributed by atoms with E-state index in [-0.39, 0.29) is 18.1 Å². The van der Waals surface area contributed by atoms with Gasteiger partial charge in [0.15, 0.2) is 0 Å². The first kappa shape index (κ1) is 17.3. The summed E-state index contributed by atoms with van der Waals surface area (Å²) in [5, 5.41) is 14.9. The predicted molar refractivity (Wildman–Crippen MR) is 84.7 cm³/mol. The molecular weight excluding hydrogens is 268 g/mol. The van der Waals surface area contributed by atoms with Crippen molar-refractivity contribution in [2.75, 3.05) is 25.6 Å². The molecule has 0 aliphatic rings. The molecule has 5 nitrogen and oxygen atoms in total. The third-order valence-corrected chi connectivity index (χ3v) is 4.11. The molecule has 0 unspecified atom stereocenters. The molecule has 21 heavy (non-hydrogen) atoms. The van der Waals surface area contributed by atoms with Gasteiger partial charge in [0.1, 0.15) is 5.75 Å². The number of urea groups is 1. The van der Waals surface area contributed by atoms with Gasteiger partial charge in [-0.1, -0.05) is 13.8 Å². The smallest absolute Gasteiger partial charge is 0.319 e. The zero-order valence-electron chi connectivity index (χ0n) is 13.1. The van der Waals surface area contributed by atoms with Crippen molar-refractivity contribution in [2.24, 2.45) is 5.41 Å². The van der Waals surface area contributed by atoms with Crippen molar-refractivity contribution in [2.45, 2.75) is 33.1 Å². The van der Waals surface area contributed by atoms with E-state index >= 15 is 0 Å². The Morgan fingerprint density at radius 3 is 2.33 bits per heavy atom. The number of carbonyl (C=O) groups excluding carboxylic acids is 1. The predicted octanol–water partition coefficient (Wildman–Crippen LogP) is 3.01. The van der Waals surface area contributed by atoms with E-state index in [2.05, 4.69) is 24.5 Å². The summed E-state index contributed by atoms with van der Waals surface area (Å²) < 4.78 is 5.07. The second-order valence-corrected chi connectivity index (χ2v) is 5.22. The van der Waals surface area contributed by atoms with Gasteiger partial charge in [0.2, 0.25) is 0 Å². The summed E-state index contributed by atoms with van der Waals surface area (Å²) in [5.41, 5.74) is 0.681. The highest BCUT2D eigenvalue weighted by atomic mass is 16.5. The largest absolute Gasteiger partial charge is 0.497 e. The van der Waals surface area contributed by atoms with E-state index in [4.69, 9.17) is 4.74 Å². The monoisotopic (exact) mass is 294 g/mol. The van der Waals surface area contributed by atoms with Crippen LogP contribution in [0.4, 0.5) is 10.5 Å². The molecule has 0 atom stereocenters. The first-order valence-electron chi connectivity index (χ1n) is 7.39. The van der Waals surface area contributed by atoms with Gasteiger partial charge in [0.25, 0.3) is 0 Å². The maximum atomic E-state index is 11.9. The number of hydrogen-bond acceptors (Lipinski definition) is 3. The quantitative estimate of drug-likeness (QED) is 0.690. The van der Waals surface area contributed by atoms with Crippen molar-refractivity contribution in [3.05, 3.63) is 24.3 Å². The molecule has 0 heterocycles. The minimum absolute atomic E-state index is 0.0357. The molecule has 3 N–H and O–H groups in total. The molecule has 1 aromatic carbocycles. The van der Waals surface area contributed by atoms with Crippen molar-refractivity contribution in [1.29, 1.82) is 0 Å². The molecule has 0 radical (unpaired) electrons. The second-order valence-electron chi connectivity index (χ2n) is 5.22. The van der Waals surface area contributed by atoms with Crippen LogP contribution in [0.1, 0.15) is 33.1 Å². The van der Waals surface area contributed by atoms with Gasteiger partial charge in [0.05, 0.1) is 7.11 Å². The Kier molecular flexibility index (Phi) is 7.02. The Bertz CT molecular complexity index is 428. The number of benzene rings is 1. The number of amides is 2. The topological polar surface area (TPSA) is 70.6 Å². The molecule has 0 saturated heterocycles. The summed E-state index contributed by atoms with van der Waals surface area (Å²) in [6, 6.07) is 6.94. The fraction of sp³-hybridized carbons (Fsp3) is 0.562. The van der Waals surface area contributed by atoms with Gasteiger partial charge in [-0.3, -0.25) is 0 Å². The number of carbonyl (C=O) groups is 1. The van der Waals surface area contributed by atoms with Crippen molar-refractivity contribution >= 4 is 11.7 Å². The van der Waals surface area contributed by atoms with E-state index in [1.807, 2.05) is 0 Å². The SMILES string of the molecule is CCC(CC)(CCO)CNC(=O)Nc1ccc(OC)cc1. The van der Waals surface area contributed by atoms with Crippen LogP contribution in [0.5, 0.6) is 5.75 Å². The van der Waals surface area contributed by atoms with Crippen molar-refractivity contribution < 1.29 is 14.6 Å². The van der Waals surface area contributed by atoms with E-state index in [9.17, 15) is 9.90 Å². The average Bonchev–Trinajstić information content (AvgIpc) is 2.52. The van der Waals surface area contributed by atoms with E-state index in [1.165, 1.54) is 0 Å². The molecule has 1 rings (SSSR count). The Labute approximate surface area is 126 Å². The highest BCUT2D eigenvalue weighted by Gasteiger charge is 2.26. The fourth-order valence-electron chi connectivity index (χ4n) is 2.30. The summed E-state index contributed by atoms with van der Waals surface area (Å²) in [5.74, 6) is 0.750. The lowest BCUT2D eigenvalue weighted by Gasteiger charge is -2.31. The summed E-state index contributed by atoms with van der Waals surface area (Å²) in [4.78, 5) is 11.9. The van der Waals surface area contributed by atoms with E-state index in [0.29, 0.717) is 18.7 Å². The maximum absolute atomic E-state index is 11.9. The molecule has 0 fully saturated rings. The number of nitrogens with one attached hydrogen (secondary N) is 2. The van der Waals surface area contributed by atoms with Gasteiger partial charge >= 0.3 is 6.03 Å². The van der Waals surface area contributed by atoms with E-state index in [0.717, 1.165) is 18.6 Å². The molecule has 0 bridgehead atoms. The summed E-state index contributed by atoms with van der Waals surface area (Å²) in [6.45, 7) is 4.87. The second kappa shape index (κ2) is 8.52. The Morgan fingerprint density at radius 2 is 1.86 bits per heavy atom. The minimum atomic E-state index is -0.232. The van der Waals surface area contributed by atoms with Gasteiger partial charge in [0, 0.05) is 18.8 Å². The van der Waals surface area contributed by atoms with Gasteiger partial charge in [-0.05, 0) is 48.9 Å². The zero-order chi connectivity index (χ0) is 15.7. The van der Waals surface area contributed by atoms with Crippen LogP contribution in [-0.4, -0.2) is 31.4 Å². The number of hydrogen-bond donors (Lipinski definition) is 3. The Morgan fingerprint density at radius 1 is 1.24 bits per heavy atom. The molecule has 0 spiro atoms. The maximum Gasteiger partial charge on any atom is 0.319 e. The number of rotatable bonds is 8. The molecular formula is C16H26N2O3. The first-order chi connectivity index (χ1) is 10.1. The molecule has 2 amide bonds. The lowest BCUT2D eigenvalue weighted by Crippen LogP contribution is -2.39. The molecule has 0 aliphatic carbocycles. The first-order valence-corrected chi connectivity index (χ1v) is 7.39. The van der Waals surface area contributed by atoms with Gasteiger partial charge < -0.3 is 20.5 Å². The third-order valence-electron chi connectivity index (χ3n) is 4.11. The van der Waals surface area contributed by atoms with Gasteiger partial charge in [-0.2, -0.15) is 0 Å². The fourth-order valence-corrected chi connectivity index (χ4v) is 2.30. The van der Waals surface area contributed by atoms with Crippen LogP contribution in [0.3, 0.4) is 0 Å². The average molecular weight is 294 g/mol. The van der Waals surface area contributed by atoms with Crippen LogP contribution in [0.15, 0.2) is 24.3 Å². The molecule has 5 heteroatoms. The highest BCUT2D eigenvalue weighted by molar-refractivity contribution is 5.89. The number of anilines is 1. The van der Waals surface area contributed by atoms with Gasteiger partial charge in [-0.15, -0.1) is 0 Å². The summed E-state index contributed by atoms with van der Waals surface area (Å²) >= 11 is 0. The number of aliphatic hydroxyl groups is 1. The van der Waals surface area contributed by atoms with Crippen LogP contribution in [0, 0.1) is 5.41 Å². The minimum Gasteiger partial charge on any atom is -0.497 e. The zero-order valence-corrected chi connectivity index (χ0v) is 13.1. The van der Waals surface area contributed by atoms with Crippen molar-refractivity contribution in [3.8, 4) is 5.75 Å². The third kappa shape index (κ3) is 5.27. The van der Waals surface area contributed by atoms with Gasteiger partial charge in [-0.25, -0.2) is 4.79 Å². The molecule has 0 aliphatic heterocycles. The van der Waals surface area contributed by atoms with Crippen molar-refractivity contribution in [3.63, 3.8) is 0 Å². The van der Waals surface area contributed by atoms with E-state index < -0.39 is 0 Å². The molecule has 1 aromatic rings. The Hall–Kier alpha value is -1.75. The number of ether oxygens (including phenoxy) is 1. The normalized spacial score (nSPS) is 11.0. The highest BCUT2D eigenvalue weighted by Crippen LogP contribution is 2.29.